The molecule has 3 aromatic rings. The Kier molecular flexibility index (Phi) is 6.91. The second-order valence-corrected chi connectivity index (χ2v) is 7.64. The Hall–Kier alpha value is -4.24. The zero-order valence-electron chi connectivity index (χ0n) is 18.5. The number of piperazine rings is 1. The molecule has 0 aromatic heterocycles. The SMILES string of the molecule is COc1cccc(C(=O)N2CCN(C(=O)Nc3cccc(C#Cc4ccccc4)c3)CC2)c1. The first-order chi connectivity index (χ1) is 16.1. The minimum Gasteiger partial charge on any atom is -0.497 e. The molecular formula is C27H25N3O3. The number of carbonyl (C=O) groups is 2. The minimum atomic E-state index is -0.184. The molecule has 6 heteroatoms. The Labute approximate surface area is 193 Å². The predicted octanol–water partition coefficient (Wildman–Crippen LogP) is 4.08. The van der Waals surface area contributed by atoms with Gasteiger partial charge in [0.15, 0.2) is 0 Å². The van der Waals surface area contributed by atoms with E-state index < -0.39 is 0 Å². The first-order valence-corrected chi connectivity index (χ1v) is 10.8. The van der Waals surface area contributed by atoms with Crippen LogP contribution in [0.5, 0.6) is 5.75 Å². The number of rotatable bonds is 3. The highest BCUT2D eigenvalue weighted by molar-refractivity contribution is 5.95. The summed E-state index contributed by atoms with van der Waals surface area (Å²) in [5.74, 6) is 6.84. The third kappa shape index (κ3) is 5.72. The van der Waals surface area contributed by atoms with Crippen LogP contribution in [0.3, 0.4) is 0 Å². The van der Waals surface area contributed by atoms with Crippen molar-refractivity contribution in [1.29, 1.82) is 0 Å². The topological polar surface area (TPSA) is 61.9 Å². The summed E-state index contributed by atoms with van der Waals surface area (Å²) in [5, 5.41) is 2.94. The van der Waals surface area contributed by atoms with E-state index in [9.17, 15) is 9.59 Å². The van der Waals surface area contributed by atoms with Crippen LogP contribution >= 0.6 is 0 Å². The van der Waals surface area contributed by atoms with Gasteiger partial charge in [-0.05, 0) is 48.5 Å². The normalized spacial score (nSPS) is 13.0. The molecule has 0 saturated carbocycles. The summed E-state index contributed by atoms with van der Waals surface area (Å²) in [4.78, 5) is 29.0. The van der Waals surface area contributed by atoms with Gasteiger partial charge in [-0.15, -0.1) is 0 Å². The number of anilines is 1. The van der Waals surface area contributed by atoms with Crippen LogP contribution in [0.25, 0.3) is 0 Å². The third-order valence-electron chi connectivity index (χ3n) is 5.41. The molecule has 1 heterocycles. The Morgan fingerprint density at radius 3 is 2.21 bits per heavy atom. The van der Waals surface area contributed by atoms with Crippen molar-refractivity contribution < 1.29 is 14.3 Å². The number of nitrogens with one attached hydrogen (secondary N) is 1. The van der Waals surface area contributed by atoms with Crippen molar-refractivity contribution in [3.63, 3.8) is 0 Å². The number of benzene rings is 3. The highest BCUT2D eigenvalue weighted by atomic mass is 16.5. The lowest BCUT2D eigenvalue weighted by molar-refractivity contribution is 0.0671. The van der Waals surface area contributed by atoms with Gasteiger partial charge in [-0.3, -0.25) is 4.79 Å². The average Bonchev–Trinajstić information content (AvgIpc) is 2.88. The van der Waals surface area contributed by atoms with E-state index in [0.717, 1.165) is 11.1 Å². The largest absolute Gasteiger partial charge is 0.497 e. The number of urea groups is 1. The number of ether oxygens (including phenoxy) is 1. The summed E-state index contributed by atoms with van der Waals surface area (Å²) in [5.41, 5.74) is 3.04. The molecule has 1 N–H and O–H groups in total. The summed E-state index contributed by atoms with van der Waals surface area (Å²) in [7, 11) is 1.58. The molecule has 1 saturated heterocycles. The molecule has 0 unspecified atom stereocenters. The number of hydrogen-bond acceptors (Lipinski definition) is 3. The second-order valence-electron chi connectivity index (χ2n) is 7.64. The highest BCUT2D eigenvalue weighted by Gasteiger charge is 2.25. The van der Waals surface area contributed by atoms with Crippen molar-refractivity contribution in [1.82, 2.24) is 9.80 Å². The molecule has 3 amide bonds. The monoisotopic (exact) mass is 439 g/mol. The molecule has 0 bridgehead atoms. The maximum atomic E-state index is 12.8. The summed E-state index contributed by atoms with van der Waals surface area (Å²) < 4.78 is 5.20. The number of amides is 3. The number of nitrogens with zero attached hydrogens (tertiary/aromatic N) is 2. The van der Waals surface area contributed by atoms with Crippen LogP contribution in [0.4, 0.5) is 10.5 Å². The van der Waals surface area contributed by atoms with Crippen LogP contribution in [0.15, 0.2) is 78.9 Å². The van der Waals surface area contributed by atoms with Crippen molar-refractivity contribution in [3.8, 4) is 17.6 Å². The summed E-state index contributed by atoms with van der Waals surface area (Å²) >= 11 is 0. The Morgan fingerprint density at radius 1 is 0.788 bits per heavy atom. The number of carbonyl (C=O) groups excluding carboxylic acids is 2. The molecule has 0 radical (unpaired) electrons. The van der Waals surface area contributed by atoms with Crippen LogP contribution in [0.2, 0.25) is 0 Å². The molecule has 0 spiro atoms. The van der Waals surface area contributed by atoms with Gasteiger partial charge >= 0.3 is 6.03 Å². The van der Waals surface area contributed by atoms with Crippen molar-refractivity contribution in [2.45, 2.75) is 0 Å². The fourth-order valence-corrected chi connectivity index (χ4v) is 3.59. The van der Waals surface area contributed by atoms with E-state index in [2.05, 4.69) is 17.2 Å². The highest BCUT2D eigenvalue weighted by Crippen LogP contribution is 2.16. The molecule has 166 valence electrons. The van der Waals surface area contributed by atoms with Crippen LogP contribution in [-0.4, -0.2) is 55.0 Å². The van der Waals surface area contributed by atoms with E-state index in [1.807, 2.05) is 54.6 Å². The van der Waals surface area contributed by atoms with E-state index in [4.69, 9.17) is 4.74 Å². The lowest BCUT2D eigenvalue weighted by Gasteiger charge is -2.34. The van der Waals surface area contributed by atoms with Gasteiger partial charge in [-0.25, -0.2) is 4.79 Å². The second kappa shape index (κ2) is 10.4. The number of methoxy groups -OCH3 is 1. The minimum absolute atomic E-state index is 0.0568. The lowest BCUT2D eigenvalue weighted by atomic mass is 10.1. The first-order valence-electron chi connectivity index (χ1n) is 10.8. The molecule has 4 rings (SSSR count). The van der Waals surface area contributed by atoms with Gasteiger partial charge in [0.2, 0.25) is 0 Å². The predicted molar refractivity (Wildman–Crippen MR) is 128 cm³/mol. The molecule has 3 aromatic carbocycles. The maximum absolute atomic E-state index is 12.8. The van der Waals surface area contributed by atoms with Gasteiger partial charge in [-0.1, -0.05) is 42.2 Å². The van der Waals surface area contributed by atoms with E-state index >= 15 is 0 Å². The molecule has 0 aliphatic carbocycles. The Morgan fingerprint density at radius 2 is 1.45 bits per heavy atom. The van der Waals surface area contributed by atoms with Crippen molar-refractivity contribution >= 4 is 17.6 Å². The van der Waals surface area contributed by atoms with Crippen molar-refractivity contribution in [2.75, 3.05) is 38.6 Å². The van der Waals surface area contributed by atoms with E-state index in [1.54, 1.807) is 41.2 Å². The van der Waals surface area contributed by atoms with Crippen molar-refractivity contribution in [3.05, 3.63) is 95.6 Å². The quantitative estimate of drug-likeness (QED) is 0.626. The molecule has 1 aliphatic heterocycles. The number of hydrogen-bond donors (Lipinski definition) is 1. The summed E-state index contributed by atoms with van der Waals surface area (Å²) in [6.07, 6.45) is 0. The third-order valence-corrected chi connectivity index (χ3v) is 5.41. The molecule has 1 fully saturated rings. The van der Waals surface area contributed by atoms with Gasteiger partial charge in [0, 0.05) is 48.6 Å². The van der Waals surface area contributed by atoms with Gasteiger partial charge in [-0.2, -0.15) is 0 Å². The smallest absolute Gasteiger partial charge is 0.321 e. The molecule has 33 heavy (non-hydrogen) atoms. The van der Waals surface area contributed by atoms with Crippen LogP contribution in [0.1, 0.15) is 21.5 Å². The van der Waals surface area contributed by atoms with E-state index in [-0.39, 0.29) is 11.9 Å². The summed E-state index contributed by atoms with van der Waals surface area (Å²) in [6, 6.07) is 24.2. The zero-order valence-corrected chi connectivity index (χ0v) is 18.5. The lowest BCUT2D eigenvalue weighted by Crippen LogP contribution is -2.51. The van der Waals surface area contributed by atoms with Crippen LogP contribution < -0.4 is 10.1 Å². The van der Waals surface area contributed by atoms with Gasteiger partial charge in [0.1, 0.15) is 5.75 Å². The fourth-order valence-electron chi connectivity index (χ4n) is 3.59. The van der Waals surface area contributed by atoms with E-state index in [0.29, 0.717) is 43.2 Å². The van der Waals surface area contributed by atoms with Gasteiger partial charge in [0.25, 0.3) is 5.91 Å². The Balaban J connectivity index is 1.33. The average molecular weight is 440 g/mol. The van der Waals surface area contributed by atoms with E-state index in [1.165, 1.54) is 0 Å². The maximum Gasteiger partial charge on any atom is 0.321 e. The molecule has 6 nitrogen and oxygen atoms in total. The van der Waals surface area contributed by atoms with Crippen molar-refractivity contribution in [2.24, 2.45) is 0 Å². The molecule has 0 atom stereocenters. The Bertz CT molecular complexity index is 1190. The standard InChI is InChI=1S/C27H25N3O3/c1-33-25-12-6-10-23(20-25)26(31)29-15-17-30(18-16-29)27(32)28-24-11-5-9-22(19-24)14-13-21-7-3-2-4-8-21/h2-12,19-20H,15-18H2,1H3,(H,28,32). The summed E-state index contributed by atoms with van der Waals surface area (Å²) in [6.45, 7) is 1.89. The molecule has 1 aliphatic rings. The van der Waals surface area contributed by atoms with Gasteiger partial charge in [0.05, 0.1) is 7.11 Å². The van der Waals surface area contributed by atoms with Gasteiger partial charge < -0.3 is 19.9 Å². The zero-order chi connectivity index (χ0) is 23.0. The molecular weight excluding hydrogens is 414 g/mol. The first kappa shape index (κ1) is 22.0. The fraction of sp³-hybridized carbons (Fsp3) is 0.185. The van der Waals surface area contributed by atoms with Crippen LogP contribution in [-0.2, 0) is 0 Å². The van der Waals surface area contributed by atoms with Crippen LogP contribution in [0, 0.1) is 11.8 Å².